The summed E-state index contributed by atoms with van der Waals surface area (Å²) in [6.07, 6.45) is 3.31. The van der Waals surface area contributed by atoms with E-state index in [2.05, 4.69) is 38.0 Å². The van der Waals surface area contributed by atoms with E-state index >= 15 is 0 Å². The number of hydrogen-bond donors (Lipinski definition) is 1. The second-order valence-corrected chi connectivity index (χ2v) is 4.86. The van der Waals surface area contributed by atoms with Crippen LogP contribution in [0, 0.1) is 0 Å². The third-order valence-electron chi connectivity index (χ3n) is 3.58. The van der Waals surface area contributed by atoms with Crippen LogP contribution >= 0.6 is 0 Å². The van der Waals surface area contributed by atoms with Gasteiger partial charge in [0.25, 0.3) is 0 Å². The van der Waals surface area contributed by atoms with Crippen molar-refractivity contribution in [2.45, 2.75) is 52.2 Å². The summed E-state index contributed by atoms with van der Waals surface area (Å²) in [5.74, 6) is 0.287. The highest BCUT2D eigenvalue weighted by molar-refractivity contribution is 5.84. The lowest BCUT2D eigenvalue weighted by molar-refractivity contribution is -0.130. The van der Waals surface area contributed by atoms with E-state index in [0.29, 0.717) is 0 Å². The summed E-state index contributed by atoms with van der Waals surface area (Å²) in [5.41, 5.74) is 0. The van der Waals surface area contributed by atoms with E-state index in [0.717, 1.165) is 38.9 Å². The predicted molar refractivity (Wildman–Crippen MR) is 70.8 cm³/mol. The van der Waals surface area contributed by atoms with Crippen LogP contribution in [0.5, 0.6) is 0 Å². The summed E-state index contributed by atoms with van der Waals surface area (Å²) in [7, 11) is 2.10. The van der Waals surface area contributed by atoms with Crippen molar-refractivity contribution in [3.05, 3.63) is 0 Å². The van der Waals surface area contributed by atoms with Gasteiger partial charge in [0, 0.05) is 13.1 Å². The van der Waals surface area contributed by atoms with Crippen LogP contribution in [0.4, 0.5) is 0 Å². The van der Waals surface area contributed by atoms with Crippen molar-refractivity contribution in [3.8, 4) is 0 Å². The van der Waals surface area contributed by atoms with Crippen LogP contribution in [0.3, 0.4) is 0 Å². The molecule has 1 fully saturated rings. The molecule has 100 valence electrons. The summed E-state index contributed by atoms with van der Waals surface area (Å²) < 4.78 is 0. The fourth-order valence-corrected chi connectivity index (χ4v) is 2.25. The van der Waals surface area contributed by atoms with Crippen molar-refractivity contribution in [3.63, 3.8) is 0 Å². The molecule has 0 aliphatic carbocycles. The van der Waals surface area contributed by atoms with Gasteiger partial charge in [-0.1, -0.05) is 27.2 Å². The topological polar surface area (TPSA) is 35.6 Å². The molecule has 0 saturated carbocycles. The molecule has 2 unspecified atom stereocenters. The average Bonchev–Trinajstić information content (AvgIpc) is 2.63. The number of likely N-dealkylation sites (N-methyl/N-ethyl adjacent to an activating group) is 1. The smallest absolute Gasteiger partial charge is 0.241 e. The van der Waals surface area contributed by atoms with Crippen molar-refractivity contribution in [2.75, 3.05) is 26.7 Å². The zero-order valence-electron chi connectivity index (χ0n) is 11.7. The maximum atomic E-state index is 12.2. The van der Waals surface area contributed by atoms with Gasteiger partial charge in [0.05, 0.1) is 12.2 Å². The van der Waals surface area contributed by atoms with Gasteiger partial charge in [-0.05, 0) is 26.4 Å². The Morgan fingerprint density at radius 3 is 2.59 bits per heavy atom. The Hall–Kier alpha value is -0.610. The van der Waals surface area contributed by atoms with Gasteiger partial charge in [0.1, 0.15) is 0 Å². The normalized spacial score (nSPS) is 25.0. The first-order chi connectivity index (χ1) is 8.13. The van der Waals surface area contributed by atoms with E-state index in [9.17, 15) is 4.79 Å². The Labute approximate surface area is 105 Å². The lowest BCUT2D eigenvalue weighted by Crippen LogP contribution is -2.41. The van der Waals surface area contributed by atoms with E-state index in [1.54, 1.807) is 0 Å². The first kappa shape index (κ1) is 14.5. The van der Waals surface area contributed by atoms with Crippen molar-refractivity contribution >= 4 is 5.91 Å². The van der Waals surface area contributed by atoms with Crippen LogP contribution in [0.2, 0.25) is 0 Å². The van der Waals surface area contributed by atoms with Gasteiger partial charge >= 0.3 is 0 Å². The minimum absolute atomic E-state index is 0.0403. The van der Waals surface area contributed by atoms with Crippen LogP contribution in [-0.2, 0) is 4.79 Å². The first-order valence-corrected chi connectivity index (χ1v) is 6.89. The van der Waals surface area contributed by atoms with Gasteiger partial charge in [0.15, 0.2) is 0 Å². The predicted octanol–water partition coefficient (Wildman–Crippen LogP) is 1.27. The van der Waals surface area contributed by atoms with Gasteiger partial charge in [0.2, 0.25) is 5.91 Å². The summed E-state index contributed by atoms with van der Waals surface area (Å²) in [4.78, 5) is 16.4. The molecule has 1 rings (SSSR count). The molecular weight excluding hydrogens is 214 g/mol. The van der Waals surface area contributed by atoms with Crippen molar-refractivity contribution in [1.82, 2.24) is 15.1 Å². The zero-order chi connectivity index (χ0) is 12.8. The van der Waals surface area contributed by atoms with E-state index in [1.165, 1.54) is 0 Å². The Kier molecular flexibility index (Phi) is 5.92. The summed E-state index contributed by atoms with van der Waals surface area (Å²) in [6.45, 7) is 9.22. The van der Waals surface area contributed by atoms with Gasteiger partial charge in [-0.3, -0.25) is 10.1 Å². The van der Waals surface area contributed by atoms with Crippen LogP contribution < -0.4 is 5.32 Å². The Morgan fingerprint density at radius 2 is 2.06 bits per heavy atom. The molecule has 1 aliphatic rings. The van der Waals surface area contributed by atoms with E-state index in [1.807, 2.05) is 4.90 Å². The third kappa shape index (κ3) is 3.68. The van der Waals surface area contributed by atoms with E-state index < -0.39 is 0 Å². The lowest BCUT2D eigenvalue weighted by Gasteiger charge is -2.26. The highest BCUT2D eigenvalue weighted by Crippen LogP contribution is 2.16. The first-order valence-electron chi connectivity index (χ1n) is 6.89. The molecule has 0 aromatic heterocycles. The van der Waals surface area contributed by atoms with Crippen molar-refractivity contribution in [2.24, 2.45) is 0 Å². The van der Waals surface area contributed by atoms with Gasteiger partial charge in [-0.15, -0.1) is 0 Å². The molecule has 4 nitrogen and oxygen atoms in total. The summed E-state index contributed by atoms with van der Waals surface area (Å²) in [5, 5.41) is 3.44. The Morgan fingerprint density at radius 1 is 1.35 bits per heavy atom. The number of amides is 1. The minimum atomic E-state index is 0.0403. The molecule has 17 heavy (non-hydrogen) atoms. The number of carbonyl (C=O) groups excluding carboxylic acids is 1. The van der Waals surface area contributed by atoms with E-state index in [-0.39, 0.29) is 18.1 Å². The number of carbonyl (C=O) groups is 1. The molecule has 2 atom stereocenters. The maximum absolute atomic E-state index is 12.2. The van der Waals surface area contributed by atoms with Crippen LogP contribution in [-0.4, -0.2) is 54.6 Å². The van der Waals surface area contributed by atoms with Gasteiger partial charge < -0.3 is 9.80 Å². The quantitative estimate of drug-likeness (QED) is 0.729. The molecule has 0 aromatic carbocycles. The molecule has 4 heteroatoms. The molecule has 0 bridgehead atoms. The molecule has 1 heterocycles. The second kappa shape index (κ2) is 6.97. The SMILES string of the molecule is CCCC1NC(CC)C(=O)N1CCN(C)CC. The molecule has 1 saturated heterocycles. The highest BCUT2D eigenvalue weighted by Gasteiger charge is 2.36. The average molecular weight is 241 g/mol. The Bertz CT molecular complexity index is 245. The summed E-state index contributed by atoms with van der Waals surface area (Å²) >= 11 is 0. The number of rotatable bonds is 7. The largest absolute Gasteiger partial charge is 0.325 e. The lowest BCUT2D eigenvalue weighted by atomic mass is 10.2. The molecule has 1 amide bonds. The number of nitrogens with zero attached hydrogens (tertiary/aromatic N) is 2. The monoisotopic (exact) mass is 241 g/mol. The van der Waals surface area contributed by atoms with Gasteiger partial charge in [-0.2, -0.15) is 0 Å². The second-order valence-electron chi connectivity index (χ2n) is 4.86. The van der Waals surface area contributed by atoms with Gasteiger partial charge in [-0.25, -0.2) is 0 Å². The summed E-state index contributed by atoms with van der Waals surface area (Å²) in [6, 6.07) is 0.0403. The molecule has 0 radical (unpaired) electrons. The fourth-order valence-electron chi connectivity index (χ4n) is 2.25. The van der Waals surface area contributed by atoms with Crippen molar-refractivity contribution in [1.29, 1.82) is 0 Å². The molecule has 1 N–H and O–H groups in total. The molecule has 1 aliphatic heterocycles. The maximum Gasteiger partial charge on any atom is 0.241 e. The number of hydrogen-bond acceptors (Lipinski definition) is 3. The third-order valence-corrected chi connectivity index (χ3v) is 3.58. The molecular formula is C13H27N3O. The Balaban J connectivity index is 2.55. The fraction of sp³-hybridized carbons (Fsp3) is 0.923. The van der Waals surface area contributed by atoms with Crippen LogP contribution in [0.15, 0.2) is 0 Å². The molecule has 0 aromatic rings. The standard InChI is InChI=1S/C13H27N3O/c1-5-8-12-14-11(6-2)13(17)16(12)10-9-15(4)7-3/h11-12,14H,5-10H2,1-4H3. The van der Waals surface area contributed by atoms with Crippen LogP contribution in [0.1, 0.15) is 40.0 Å². The van der Waals surface area contributed by atoms with Crippen molar-refractivity contribution < 1.29 is 4.79 Å². The molecule has 0 spiro atoms. The highest BCUT2D eigenvalue weighted by atomic mass is 16.2. The zero-order valence-corrected chi connectivity index (χ0v) is 11.7. The van der Waals surface area contributed by atoms with Crippen LogP contribution in [0.25, 0.3) is 0 Å². The number of nitrogens with one attached hydrogen (secondary N) is 1. The minimum Gasteiger partial charge on any atom is -0.325 e. The van der Waals surface area contributed by atoms with E-state index in [4.69, 9.17) is 0 Å².